The molecule has 8 nitrogen and oxygen atoms in total. The van der Waals surface area contributed by atoms with Crippen LogP contribution in [-0.2, 0) is 19.4 Å². The smallest absolute Gasteiger partial charge is 0.295 e. The molecular weight excluding hydrogens is 475 g/mol. The Labute approximate surface area is 214 Å². The maximum atomic E-state index is 13.2. The van der Waals surface area contributed by atoms with Crippen molar-refractivity contribution in [2.45, 2.75) is 46.1 Å². The van der Waals surface area contributed by atoms with Crippen LogP contribution in [0.4, 0.5) is 10.1 Å². The number of allylic oxidation sites excluding steroid dienone is 1. The van der Waals surface area contributed by atoms with Crippen molar-refractivity contribution in [3.8, 4) is 5.69 Å². The number of carbonyl (C=O) groups excluding carboxylic acids is 2. The van der Waals surface area contributed by atoms with Crippen LogP contribution in [0, 0.1) is 21.3 Å². The third-order valence-electron chi connectivity index (χ3n) is 6.53. The monoisotopic (exact) mass is 504 g/mol. The van der Waals surface area contributed by atoms with Crippen molar-refractivity contribution in [2.24, 2.45) is 5.41 Å². The van der Waals surface area contributed by atoms with Gasteiger partial charge in [0.15, 0.2) is 5.78 Å². The molecule has 192 valence electrons. The Morgan fingerprint density at radius 1 is 1.24 bits per heavy atom. The predicted molar refractivity (Wildman–Crippen MR) is 137 cm³/mol. The Morgan fingerprint density at radius 3 is 2.59 bits per heavy atom. The highest BCUT2D eigenvalue weighted by molar-refractivity contribution is 6.00. The van der Waals surface area contributed by atoms with E-state index in [9.17, 15) is 24.1 Å². The number of aromatic nitrogens is 2. The largest absolute Gasteiger partial charge is 0.337 e. The maximum Gasteiger partial charge on any atom is 0.295 e. The Morgan fingerprint density at radius 2 is 1.95 bits per heavy atom. The number of hydrogen-bond donors (Lipinski definition) is 0. The van der Waals surface area contributed by atoms with Gasteiger partial charge in [0.2, 0.25) is 0 Å². The predicted octanol–water partition coefficient (Wildman–Crippen LogP) is 5.47. The fourth-order valence-electron chi connectivity index (χ4n) is 4.78. The number of ketones is 1. The number of aryl methyl sites for hydroxylation is 1. The Kier molecular flexibility index (Phi) is 7.07. The first-order valence-corrected chi connectivity index (χ1v) is 12.0. The van der Waals surface area contributed by atoms with Crippen molar-refractivity contribution in [1.82, 2.24) is 14.7 Å². The van der Waals surface area contributed by atoms with Crippen molar-refractivity contribution in [3.63, 3.8) is 0 Å². The van der Waals surface area contributed by atoms with Gasteiger partial charge >= 0.3 is 0 Å². The number of halogens is 1. The molecule has 37 heavy (non-hydrogen) atoms. The first kappa shape index (κ1) is 25.9. The molecule has 2 aromatic carbocycles. The molecule has 1 heterocycles. The van der Waals surface area contributed by atoms with E-state index >= 15 is 0 Å². The number of benzene rings is 2. The summed E-state index contributed by atoms with van der Waals surface area (Å²) in [6, 6.07) is 10.1. The van der Waals surface area contributed by atoms with E-state index in [1.54, 1.807) is 25.3 Å². The van der Waals surface area contributed by atoms with Crippen LogP contribution >= 0.6 is 0 Å². The Balaban J connectivity index is 1.74. The van der Waals surface area contributed by atoms with Gasteiger partial charge in [0, 0.05) is 31.6 Å². The van der Waals surface area contributed by atoms with E-state index in [0.717, 1.165) is 5.56 Å². The summed E-state index contributed by atoms with van der Waals surface area (Å²) in [4.78, 5) is 39.1. The molecule has 3 aromatic rings. The SMILES string of the molecule is C=CCCc1nn(-c2ccc(C(=O)N(C)Cc3ccc(F)cc3)cc2[N+](=O)[O-])c2c1C(=O)CC(C)(C)C2. The Bertz CT molecular complexity index is 1390. The molecule has 0 unspecified atom stereocenters. The fourth-order valence-corrected chi connectivity index (χ4v) is 4.78. The lowest BCUT2D eigenvalue weighted by Gasteiger charge is -2.29. The normalized spacial score (nSPS) is 14.2. The lowest BCUT2D eigenvalue weighted by molar-refractivity contribution is -0.384. The second-order valence-corrected chi connectivity index (χ2v) is 10.2. The van der Waals surface area contributed by atoms with Crippen LogP contribution in [0.5, 0.6) is 0 Å². The van der Waals surface area contributed by atoms with Gasteiger partial charge in [-0.25, -0.2) is 9.07 Å². The number of nitrogens with zero attached hydrogens (tertiary/aromatic N) is 4. The molecule has 0 atom stereocenters. The van der Waals surface area contributed by atoms with Gasteiger partial charge in [-0.15, -0.1) is 6.58 Å². The quantitative estimate of drug-likeness (QED) is 0.230. The molecule has 1 aliphatic rings. The lowest BCUT2D eigenvalue weighted by atomic mass is 9.75. The zero-order chi connectivity index (χ0) is 26.9. The van der Waals surface area contributed by atoms with Gasteiger partial charge in [0.05, 0.1) is 21.9 Å². The average Bonchev–Trinajstić information content (AvgIpc) is 3.20. The second-order valence-electron chi connectivity index (χ2n) is 10.2. The van der Waals surface area contributed by atoms with Crippen LogP contribution in [-0.4, -0.2) is 38.3 Å². The lowest BCUT2D eigenvalue weighted by Crippen LogP contribution is -2.28. The van der Waals surface area contributed by atoms with E-state index in [4.69, 9.17) is 0 Å². The number of Topliss-reactive ketones (excluding diaryl/α,β-unsaturated/α-hetero) is 1. The molecule has 0 bridgehead atoms. The second kappa shape index (κ2) is 10.1. The third-order valence-corrected chi connectivity index (χ3v) is 6.53. The van der Waals surface area contributed by atoms with Crippen LogP contribution in [0.25, 0.3) is 5.69 Å². The standard InChI is InChI=1S/C28H29FN4O4/c1-5-6-7-21-26-24(15-28(2,3)16-25(26)34)32(30-21)22-13-10-19(14-23(22)33(36)37)27(35)31(4)17-18-8-11-20(29)12-9-18/h5,8-14H,1,6-7,15-17H2,2-4H3. The molecule has 1 amide bonds. The molecule has 0 aliphatic heterocycles. The van der Waals surface area contributed by atoms with Crippen molar-refractivity contribution in [2.75, 3.05) is 7.05 Å². The summed E-state index contributed by atoms with van der Waals surface area (Å²) in [5.41, 5.74) is 2.27. The van der Waals surface area contributed by atoms with Gasteiger partial charge in [0.1, 0.15) is 11.5 Å². The topological polar surface area (TPSA) is 98.3 Å². The van der Waals surface area contributed by atoms with Crippen LogP contribution in [0.2, 0.25) is 0 Å². The molecule has 0 spiro atoms. The summed E-state index contributed by atoms with van der Waals surface area (Å²) in [5, 5.41) is 16.8. The minimum atomic E-state index is -0.542. The minimum Gasteiger partial charge on any atom is -0.337 e. The van der Waals surface area contributed by atoms with Gasteiger partial charge in [-0.05, 0) is 54.5 Å². The number of carbonyl (C=O) groups is 2. The summed E-state index contributed by atoms with van der Waals surface area (Å²) < 4.78 is 14.7. The van der Waals surface area contributed by atoms with E-state index in [-0.39, 0.29) is 40.5 Å². The van der Waals surface area contributed by atoms with E-state index in [0.29, 0.717) is 42.6 Å². The molecule has 1 aliphatic carbocycles. The number of fused-ring (bicyclic) bond motifs is 1. The van der Waals surface area contributed by atoms with Crippen molar-refractivity contribution in [3.05, 3.63) is 99.1 Å². The number of rotatable bonds is 8. The summed E-state index contributed by atoms with van der Waals surface area (Å²) in [6.45, 7) is 7.93. The summed E-state index contributed by atoms with van der Waals surface area (Å²) in [7, 11) is 1.58. The zero-order valence-corrected chi connectivity index (χ0v) is 21.2. The molecule has 1 aromatic heterocycles. The molecule has 0 saturated heterocycles. The molecule has 0 fully saturated rings. The molecular formula is C28H29FN4O4. The molecule has 0 radical (unpaired) electrons. The van der Waals surface area contributed by atoms with E-state index < -0.39 is 10.8 Å². The zero-order valence-electron chi connectivity index (χ0n) is 21.2. The van der Waals surface area contributed by atoms with Crippen LogP contribution in [0.3, 0.4) is 0 Å². The summed E-state index contributed by atoms with van der Waals surface area (Å²) in [6.07, 6.45) is 3.78. The van der Waals surface area contributed by atoms with Crippen molar-refractivity contribution >= 4 is 17.4 Å². The van der Waals surface area contributed by atoms with Gasteiger partial charge in [-0.3, -0.25) is 19.7 Å². The first-order valence-electron chi connectivity index (χ1n) is 12.0. The molecule has 4 rings (SSSR count). The number of nitro benzene ring substituents is 1. The molecule has 9 heteroatoms. The number of nitro groups is 1. The van der Waals surface area contributed by atoms with E-state index in [1.807, 2.05) is 13.8 Å². The number of amides is 1. The van der Waals surface area contributed by atoms with E-state index in [1.165, 1.54) is 39.9 Å². The maximum absolute atomic E-state index is 13.2. The summed E-state index contributed by atoms with van der Waals surface area (Å²) in [5.74, 6) is -0.805. The van der Waals surface area contributed by atoms with Gasteiger partial charge in [-0.2, -0.15) is 5.10 Å². The van der Waals surface area contributed by atoms with Gasteiger partial charge < -0.3 is 4.90 Å². The minimum absolute atomic E-state index is 0.0200. The highest BCUT2D eigenvalue weighted by Crippen LogP contribution is 2.39. The Hall–Kier alpha value is -4.14. The summed E-state index contributed by atoms with van der Waals surface area (Å²) >= 11 is 0. The van der Waals surface area contributed by atoms with Crippen LogP contribution < -0.4 is 0 Å². The van der Waals surface area contributed by atoms with E-state index in [2.05, 4.69) is 11.7 Å². The van der Waals surface area contributed by atoms with Crippen LogP contribution in [0.1, 0.15) is 64.4 Å². The van der Waals surface area contributed by atoms with Crippen molar-refractivity contribution < 1.29 is 18.9 Å². The average molecular weight is 505 g/mol. The fraction of sp³-hybridized carbons (Fsp3) is 0.321. The first-order chi connectivity index (χ1) is 17.5. The van der Waals surface area contributed by atoms with Crippen molar-refractivity contribution in [1.29, 1.82) is 0 Å². The third kappa shape index (κ3) is 5.35. The molecule has 0 N–H and O–H groups in total. The number of hydrogen-bond acceptors (Lipinski definition) is 5. The molecule has 0 saturated carbocycles. The van der Waals surface area contributed by atoms with Crippen LogP contribution in [0.15, 0.2) is 55.1 Å². The highest BCUT2D eigenvalue weighted by Gasteiger charge is 2.37. The highest BCUT2D eigenvalue weighted by atomic mass is 19.1. The van der Waals surface area contributed by atoms with Gasteiger partial charge in [0.25, 0.3) is 11.6 Å². The van der Waals surface area contributed by atoms with Gasteiger partial charge in [-0.1, -0.05) is 32.1 Å².